The summed E-state index contributed by atoms with van der Waals surface area (Å²) in [4.78, 5) is 23.8. The number of imide groups is 1. The maximum atomic E-state index is 12.2. The summed E-state index contributed by atoms with van der Waals surface area (Å²) in [6.45, 7) is 0.771. The molecule has 0 atom stereocenters. The first-order valence-electron chi connectivity index (χ1n) is 10.1. The number of hydrogen-bond acceptors (Lipinski definition) is 4. The van der Waals surface area contributed by atoms with Gasteiger partial charge in [0.15, 0.2) is 0 Å². The minimum Gasteiger partial charge on any atom is -0.456 e. The minimum atomic E-state index is -0.422. The number of rotatable bonds is 8. The lowest BCUT2D eigenvalue weighted by Crippen LogP contribution is -2.37. The van der Waals surface area contributed by atoms with Crippen LogP contribution in [0.25, 0.3) is 0 Å². The van der Waals surface area contributed by atoms with E-state index < -0.39 is 5.91 Å². The molecule has 0 bridgehead atoms. The molecule has 0 radical (unpaired) electrons. The normalized spacial score (nSPS) is 12.6. The second-order valence-electron chi connectivity index (χ2n) is 7.08. The Morgan fingerprint density at radius 1 is 1.00 bits per heavy atom. The van der Waals surface area contributed by atoms with Gasteiger partial charge in [-0.15, -0.1) is 0 Å². The van der Waals surface area contributed by atoms with Crippen molar-refractivity contribution in [1.82, 2.24) is 5.32 Å². The Bertz CT molecular complexity index is 941. The lowest BCUT2D eigenvalue weighted by molar-refractivity contribution is -0.119. The first-order valence-corrected chi connectivity index (χ1v) is 10.1. The van der Waals surface area contributed by atoms with Crippen LogP contribution >= 0.6 is 0 Å². The fourth-order valence-corrected chi connectivity index (χ4v) is 3.29. The summed E-state index contributed by atoms with van der Waals surface area (Å²) in [5, 5.41) is 2.34. The molecule has 29 heavy (non-hydrogen) atoms. The molecule has 2 aromatic carbocycles. The number of hydrogen-bond donors (Lipinski definition) is 2. The molecule has 1 heterocycles. The van der Waals surface area contributed by atoms with E-state index in [2.05, 4.69) is 17.2 Å². The maximum absolute atomic E-state index is 12.2. The Hall–Kier alpha value is -3.10. The van der Waals surface area contributed by atoms with E-state index in [1.165, 1.54) is 19.3 Å². The first-order chi connectivity index (χ1) is 14.2. The van der Waals surface area contributed by atoms with E-state index in [4.69, 9.17) is 10.5 Å². The average molecular weight is 390 g/mol. The molecule has 0 aliphatic carbocycles. The lowest BCUT2D eigenvalue weighted by Gasteiger charge is -2.18. The third-order valence-electron chi connectivity index (χ3n) is 4.74. The van der Waals surface area contributed by atoms with Crippen LogP contribution in [0.3, 0.4) is 0 Å². The van der Waals surface area contributed by atoms with E-state index in [1.807, 2.05) is 24.3 Å². The minimum absolute atomic E-state index is 0.177. The van der Waals surface area contributed by atoms with Crippen LogP contribution in [0.5, 0.6) is 11.5 Å². The number of nitrogens with one attached hydrogen (secondary N) is 1. The molecule has 0 saturated heterocycles. The molecule has 1 aliphatic rings. The average Bonchev–Trinajstić information content (AvgIpc) is 2.70. The van der Waals surface area contributed by atoms with E-state index in [0.717, 1.165) is 31.4 Å². The Balaban J connectivity index is 1.62. The van der Waals surface area contributed by atoms with Crippen LogP contribution in [0.2, 0.25) is 0 Å². The Morgan fingerprint density at radius 2 is 1.79 bits per heavy atom. The Morgan fingerprint density at radius 3 is 2.66 bits per heavy atom. The number of carbonyl (C=O) groups excluding carboxylic acids is 2. The molecule has 5 heteroatoms. The van der Waals surface area contributed by atoms with E-state index >= 15 is 0 Å². The number of unbranched alkanes of at least 4 members (excludes halogenated alkanes) is 5. The van der Waals surface area contributed by atoms with Crippen LogP contribution in [0.4, 0.5) is 0 Å². The van der Waals surface area contributed by atoms with Gasteiger partial charge in [-0.1, -0.05) is 49.3 Å². The van der Waals surface area contributed by atoms with E-state index in [9.17, 15) is 9.59 Å². The molecule has 3 N–H and O–H groups in total. The summed E-state index contributed by atoms with van der Waals surface area (Å²) in [5.74, 6) is 6.72. The third kappa shape index (κ3) is 5.94. The highest BCUT2D eigenvalue weighted by Gasteiger charge is 2.26. The summed E-state index contributed by atoms with van der Waals surface area (Å²) in [6, 6.07) is 12.8. The maximum Gasteiger partial charge on any atom is 0.261 e. The SMILES string of the molecule is NCCCCCCCC#Cc1cccc(Oc2cccc3c2C(=O)NC(=O)C3)c1. The summed E-state index contributed by atoms with van der Waals surface area (Å²) in [7, 11) is 0. The van der Waals surface area contributed by atoms with Gasteiger partial charge in [0.1, 0.15) is 11.5 Å². The highest BCUT2D eigenvalue weighted by molar-refractivity contribution is 6.11. The van der Waals surface area contributed by atoms with Gasteiger partial charge in [0.05, 0.1) is 12.0 Å². The van der Waals surface area contributed by atoms with Crippen molar-refractivity contribution in [2.75, 3.05) is 6.54 Å². The molecular formula is C24H26N2O3. The molecule has 2 aromatic rings. The fourth-order valence-electron chi connectivity index (χ4n) is 3.29. The summed E-state index contributed by atoms with van der Waals surface area (Å²) in [5.41, 5.74) is 7.46. The number of nitrogens with two attached hydrogens (primary N) is 1. The van der Waals surface area contributed by atoms with Crippen LogP contribution in [-0.2, 0) is 11.2 Å². The van der Waals surface area contributed by atoms with Crippen molar-refractivity contribution in [1.29, 1.82) is 0 Å². The van der Waals surface area contributed by atoms with Crippen molar-refractivity contribution in [3.05, 3.63) is 59.2 Å². The molecule has 2 amide bonds. The van der Waals surface area contributed by atoms with Gasteiger partial charge in [-0.2, -0.15) is 0 Å². The van der Waals surface area contributed by atoms with E-state index in [-0.39, 0.29) is 12.3 Å². The van der Waals surface area contributed by atoms with Crippen molar-refractivity contribution >= 4 is 11.8 Å². The van der Waals surface area contributed by atoms with Gasteiger partial charge in [-0.3, -0.25) is 14.9 Å². The van der Waals surface area contributed by atoms with Crippen LogP contribution in [-0.4, -0.2) is 18.4 Å². The van der Waals surface area contributed by atoms with Crippen molar-refractivity contribution in [2.45, 2.75) is 44.9 Å². The summed E-state index contributed by atoms with van der Waals surface area (Å²) >= 11 is 0. The zero-order chi connectivity index (χ0) is 20.5. The fraction of sp³-hybridized carbons (Fsp3) is 0.333. The zero-order valence-electron chi connectivity index (χ0n) is 16.5. The van der Waals surface area contributed by atoms with Gasteiger partial charge in [0.2, 0.25) is 5.91 Å². The molecule has 5 nitrogen and oxygen atoms in total. The molecular weight excluding hydrogens is 364 g/mol. The zero-order valence-corrected chi connectivity index (χ0v) is 16.5. The van der Waals surface area contributed by atoms with Gasteiger partial charge in [-0.05, 0) is 49.2 Å². The van der Waals surface area contributed by atoms with Crippen molar-refractivity contribution in [3.8, 4) is 23.3 Å². The molecule has 1 aliphatic heterocycles. The van der Waals surface area contributed by atoms with E-state index in [0.29, 0.717) is 22.6 Å². The topological polar surface area (TPSA) is 81.4 Å². The summed E-state index contributed by atoms with van der Waals surface area (Å²) in [6.07, 6.45) is 6.83. The largest absolute Gasteiger partial charge is 0.456 e. The molecule has 0 spiro atoms. The highest BCUT2D eigenvalue weighted by atomic mass is 16.5. The highest BCUT2D eigenvalue weighted by Crippen LogP contribution is 2.30. The quantitative estimate of drug-likeness (QED) is 0.406. The number of benzene rings is 2. The second kappa shape index (κ2) is 10.4. The molecule has 0 aromatic heterocycles. The van der Waals surface area contributed by atoms with Crippen molar-refractivity contribution < 1.29 is 14.3 Å². The molecule has 0 unspecified atom stereocenters. The Kier molecular flexibility index (Phi) is 7.43. The van der Waals surface area contributed by atoms with E-state index in [1.54, 1.807) is 18.2 Å². The van der Waals surface area contributed by atoms with Crippen molar-refractivity contribution in [2.24, 2.45) is 5.73 Å². The number of carbonyl (C=O) groups is 2. The van der Waals surface area contributed by atoms with Gasteiger partial charge < -0.3 is 10.5 Å². The standard InChI is InChI=1S/C24H26N2O3/c25-15-7-5-3-1-2-4-6-10-18-11-8-13-20(16-18)29-21-14-9-12-19-17-22(27)26-24(28)23(19)21/h8-9,11-14,16H,1-5,7,15,17,25H2,(H,26,27,28). The second-order valence-corrected chi connectivity index (χ2v) is 7.08. The number of fused-ring (bicyclic) bond motifs is 1. The molecule has 150 valence electrons. The van der Waals surface area contributed by atoms with Crippen LogP contribution in [0.15, 0.2) is 42.5 Å². The Labute approximate surface area is 171 Å². The van der Waals surface area contributed by atoms with Gasteiger partial charge >= 0.3 is 0 Å². The van der Waals surface area contributed by atoms with Gasteiger partial charge in [0, 0.05) is 12.0 Å². The van der Waals surface area contributed by atoms with Crippen LogP contribution < -0.4 is 15.8 Å². The number of amides is 2. The molecule has 0 saturated carbocycles. The molecule has 3 rings (SSSR count). The van der Waals surface area contributed by atoms with Crippen molar-refractivity contribution in [3.63, 3.8) is 0 Å². The first kappa shape index (κ1) is 20.6. The summed E-state index contributed by atoms with van der Waals surface area (Å²) < 4.78 is 5.96. The predicted octanol–water partition coefficient (Wildman–Crippen LogP) is 3.94. The number of ether oxygens (including phenoxy) is 1. The smallest absolute Gasteiger partial charge is 0.261 e. The van der Waals surface area contributed by atoms with Gasteiger partial charge in [0.25, 0.3) is 5.91 Å². The molecule has 0 fully saturated rings. The third-order valence-corrected chi connectivity index (χ3v) is 4.74. The monoisotopic (exact) mass is 390 g/mol. The predicted molar refractivity (Wildman–Crippen MR) is 113 cm³/mol. The van der Waals surface area contributed by atoms with Crippen LogP contribution in [0.1, 0.15) is 60.0 Å². The van der Waals surface area contributed by atoms with Gasteiger partial charge in [-0.25, -0.2) is 0 Å². The lowest BCUT2D eigenvalue weighted by atomic mass is 9.99. The van der Waals surface area contributed by atoms with Crippen LogP contribution in [0, 0.1) is 11.8 Å².